The second kappa shape index (κ2) is 10.9. The van der Waals surface area contributed by atoms with Crippen LogP contribution < -0.4 is 14.8 Å². The monoisotopic (exact) mass is 446 g/mol. The Morgan fingerprint density at radius 2 is 1.79 bits per heavy atom. The van der Waals surface area contributed by atoms with Gasteiger partial charge in [0.15, 0.2) is 11.5 Å². The Balaban J connectivity index is 1.41. The smallest absolute Gasteiger partial charge is 0.163 e. The summed E-state index contributed by atoms with van der Waals surface area (Å²) in [6.45, 7) is 9.55. The van der Waals surface area contributed by atoms with Gasteiger partial charge in [-0.05, 0) is 43.3 Å². The summed E-state index contributed by atoms with van der Waals surface area (Å²) in [6.07, 6.45) is 2.49. The highest BCUT2D eigenvalue weighted by atomic mass is 16.5. The van der Waals surface area contributed by atoms with Crippen molar-refractivity contribution in [2.75, 3.05) is 58.3 Å². The van der Waals surface area contributed by atoms with Crippen LogP contribution in [-0.4, -0.2) is 72.8 Å². The molecule has 0 radical (unpaired) electrons. The largest absolute Gasteiger partial charge is 0.493 e. The van der Waals surface area contributed by atoms with Gasteiger partial charge in [-0.2, -0.15) is 5.26 Å². The maximum Gasteiger partial charge on any atom is 0.163 e. The highest BCUT2D eigenvalue weighted by Crippen LogP contribution is 2.34. The molecule has 33 heavy (non-hydrogen) atoms. The van der Waals surface area contributed by atoms with Crippen molar-refractivity contribution >= 4 is 22.4 Å². The Kier molecular flexibility index (Phi) is 7.55. The van der Waals surface area contributed by atoms with Gasteiger partial charge in [-0.25, -0.2) is 9.97 Å². The fourth-order valence-electron chi connectivity index (χ4n) is 4.00. The summed E-state index contributed by atoms with van der Waals surface area (Å²) >= 11 is 0. The van der Waals surface area contributed by atoms with Crippen LogP contribution in [0.3, 0.4) is 0 Å². The minimum Gasteiger partial charge on any atom is -0.493 e. The molecule has 4 rings (SSSR count). The number of likely N-dealkylation sites (N-methyl/N-ethyl adjacent to an activating group) is 1. The quantitative estimate of drug-likeness (QED) is 0.499. The summed E-state index contributed by atoms with van der Waals surface area (Å²) in [5.41, 5.74) is 2.22. The van der Waals surface area contributed by atoms with Gasteiger partial charge in [-0.1, -0.05) is 6.92 Å². The van der Waals surface area contributed by atoms with E-state index in [2.05, 4.69) is 38.1 Å². The first-order chi connectivity index (χ1) is 16.2. The Hall–Kier alpha value is -3.41. The van der Waals surface area contributed by atoms with Gasteiger partial charge in [0.1, 0.15) is 12.1 Å². The number of piperazine rings is 1. The maximum absolute atomic E-state index is 8.98. The van der Waals surface area contributed by atoms with E-state index in [4.69, 9.17) is 14.7 Å². The summed E-state index contributed by atoms with van der Waals surface area (Å²) in [5, 5.41) is 13.1. The van der Waals surface area contributed by atoms with Crippen LogP contribution in [-0.2, 0) is 0 Å². The van der Waals surface area contributed by atoms with Crippen LogP contribution in [0.5, 0.6) is 11.5 Å². The molecule has 2 aromatic carbocycles. The molecule has 0 spiro atoms. The van der Waals surface area contributed by atoms with Crippen molar-refractivity contribution < 1.29 is 9.47 Å². The Bertz CT molecular complexity index is 1100. The molecule has 1 fully saturated rings. The Morgan fingerprint density at radius 3 is 2.48 bits per heavy atom. The minimum absolute atomic E-state index is 0.611. The number of anilines is 2. The van der Waals surface area contributed by atoms with Crippen LogP contribution >= 0.6 is 0 Å². The van der Waals surface area contributed by atoms with E-state index in [1.54, 1.807) is 19.2 Å². The van der Waals surface area contributed by atoms with E-state index < -0.39 is 0 Å². The van der Waals surface area contributed by atoms with Crippen LogP contribution in [0.4, 0.5) is 11.5 Å². The van der Waals surface area contributed by atoms with Crippen molar-refractivity contribution in [3.8, 4) is 17.6 Å². The zero-order valence-corrected chi connectivity index (χ0v) is 19.3. The SMILES string of the molecule is CCN1CCN(CCCOc2cc3ncnc(Nc4ccc(C#N)cc4)c3cc2OC)CC1. The van der Waals surface area contributed by atoms with Crippen LogP contribution in [0.15, 0.2) is 42.7 Å². The number of ether oxygens (including phenoxy) is 2. The molecule has 1 aromatic heterocycles. The average Bonchev–Trinajstić information content (AvgIpc) is 2.87. The van der Waals surface area contributed by atoms with Gasteiger partial charge < -0.3 is 24.6 Å². The van der Waals surface area contributed by atoms with Gasteiger partial charge in [0.25, 0.3) is 0 Å². The van der Waals surface area contributed by atoms with Crippen molar-refractivity contribution in [1.29, 1.82) is 5.26 Å². The average molecular weight is 447 g/mol. The lowest BCUT2D eigenvalue weighted by Gasteiger charge is -2.33. The maximum atomic E-state index is 8.98. The Morgan fingerprint density at radius 1 is 1.03 bits per heavy atom. The number of aromatic nitrogens is 2. The normalized spacial score (nSPS) is 14.7. The summed E-state index contributed by atoms with van der Waals surface area (Å²) < 4.78 is 11.7. The van der Waals surface area contributed by atoms with Crippen molar-refractivity contribution in [3.63, 3.8) is 0 Å². The second-order valence-electron chi connectivity index (χ2n) is 8.03. The number of benzene rings is 2. The highest BCUT2D eigenvalue weighted by Gasteiger charge is 2.15. The summed E-state index contributed by atoms with van der Waals surface area (Å²) in [7, 11) is 1.64. The number of rotatable bonds is 9. The lowest BCUT2D eigenvalue weighted by molar-refractivity contribution is 0.130. The van der Waals surface area contributed by atoms with Gasteiger partial charge in [0, 0.05) is 49.9 Å². The molecule has 0 aliphatic carbocycles. The van der Waals surface area contributed by atoms with Crippen LogP contribution in [0.25, 0.3) is 10.9 Å². The van der Waals surface area contributed by atoms with E-state index in [0.29, 0.717) is 29.5 Å². The predicted molar refractivity (Wildman–Crippen MR) is 129 cm³/mol. The van der Waals surface area contributed by atoms with Crippen molar-refractivity contribution in [2.45, 2.75) is 13.3 Å². The number of hydrogen-bond acceptors (Lipinski definition) is 8. The first-order valence-electron chi connectivity index (χ1n) is 11.4. The number of nitrogens with one attached hydrogen (secondary N) is 1. The lowest BCUT2D eigenvalue weighted by Crippen LogP contribution is -2.46. The summed E-state index contributed by atoms with van der Waals surface area (Å²) in [4.78, 5) is 13.8. The van der Waals surface area contributed by atoms with E-state index in [-0.39, 0.29) is 0 Å². The molecule has 0 amide bonds. The van der Waals surface area contributed by atoms with Crippen molar-refractivity contribution in [1.82, 2.24) is 19.8 Å². The van der Waals surface area contributed by atoms with Gasteiger partial charge >= 0.3 is 0 Å². The summed E-state index contributed by atoms with van der Waals surface area (Å²) in [6, 6.07) is 13.2. The fourth-order valence-corrected chi connectivity index (χ4v) is 4.00. The van der Waals surface area contributed by atoms with Crippen molar-refractivity contribution in [2.24, 2.45) is 0 Å². The lowest BCUT2D eigenvalue weighted by atomic mass is 10.2. The molecule has 1 aliphatic rings. The number of hydrogen-bond donors (Lipinski definition) is 1. The molecule has 0 bridgehead atoms. The number of nitriles is 1. The van der Waals surface area contributed by atoms with Crippen LogP contribution in [0, 0.1) is 11.3 Å². The molecule has 8 nitrogen and oxygen atoms in total. The van der Waals surface area contributed by atoms with Gasteiger partial charge in [-0.15, -0.1) is 0 Å². The van der Waals surface area contributed by atoms with E-state index in [0.717, 1.165) is 62.3 Å². The first kappa shape index (κ1) is 22.8. The van der Waals surface area contributed by atoms with E-state index in [9.17, 15) is 0 Å². The molecule has 0 saturated carbocycles. The van der Waals surface area contributed by atoms with Gasteiger partial charge in [-0.3, -0.25) is 0 Å². The number of fused-ring (bicyclic) bond motifs is 1. The summed E-state index contributed by atoms with van der Waals surface area (Å²) in [5.74, 6) is 2.00. The molecule has 1 N–H and O–H groups in total. The predicted octanol–water partition coefficient (Wildman–Crippen LogP) is 3.66. The zero-order chi connectivity index (χ0) is 23.0. The van der Waals surface area contributed by atoms with Crippen LogP contribution in [0.1, 0.15) is 18.9 Å². The number of methoxy groups -OCH3 is 1. The first-order valence-corrected chi connectivity index (χ1v) is 11.4. The standard InChI is InChI=1S/C25H30N6O2/c1-3-30-10-12-31(13-11-30)9-4-14-33-24-16-22-21(15-23(24)32-2)25(28-18-27-22)29-20-7-5-19(17-26)6-8-20/h5-8,15-16,18H,3-4,9-14H2,1-2H3,(H,27,28,29). The van der Waals surface area contributed by atoms with E-state index in [1.807, 2.05) is 24.3 Å². The molecule has 1 aliphatic heterocycles. The van der Waals surface area contributed by atoms with E-state index >= 15 is 0 Å². The molecule has 0 unspecified atom stereocenters. The van der Waals surface area contributed by atoms with Crippen LogP contribution in [0.2, 0.25) is 0 Å². The van der Waals surface area contributed by atoms with Gasteiger partial charge in [0.05, 0.1) is 30.9 Å². The second-order valence-corrected chi connectivity index (χ2v) is 8.03. The molecule has 1 saturated heterocycles. The third-order valence-corrected chi connectivity index (χ3v) is 5.99. The molecule has 3 aromatic rings. The topological polar surface area (TPSA) is 86.5 Å². The van der Waals surface area contributed by atoms with E-state index in [1.165, 1.54) is 6.33 Å². The molecule has 0 atom stereocenters. The molecule has 8 heteroatoms. The third-order valence-electron chi connectivity index (χ3n) is 5.99. The molecule has 172 valence electrons. The number of nitrogens with zero attached hydrogens (tertiary/aromatic N) is 5. The van der Waals surface area contributed by atoms with Crippen molar-refractivity contribution in [3.05, 3.63) is 48.3 Å². The minimum atomic E-state index is 0.611. The highest BCUT2D eigenvalue weighted by molar-refractivity contribution is 5.93. The van der Waals surface area contributed by atoms with Gasteiger partial charge in [0.2, 0.25) is 0 Å². The molecular weight excluding hydrogens is 416 g/mol. The third kappa shape index (κ3) is 5.69. The molecule has 2 heterocycles. The Labute approximate surface area is 194 Å². The molecular formula is C25H30N6O2. The fraction of sp³-hybridized carbons (Fsp3) is 0.400. The zero-order valence-electron chi connectivity index (χ0n) is 19.3.